The van der Waals surface area contributed by atoms with E-state index in [0.717, 1.165) is 67.5 Å². The van der Waals surface area contributed by atoms with Gasteiger partial charge >= 0.3 is 0 Å². The van der Waals surface area contributed by atoms with Gasteiger partial charge < -0.3 is 20.1 Å². The predicted molar refractivity (Wildman–Crippen MR) is 158 cm³/mol. The lowest BCUT2D eigenvalue weighted by Gasteiger charge is -2.26. The Hall–Kier alpha value is -2.98. The number of ether oxygens (including phenoxy) is 2. The van der Waals surface area contributed by atoms with Crippen LogP contribution in [0.3, 0.4) is 0 Å². The van der Waals surface area contributed by atoms with Crippen LogP contribution in [0, 0.1) is 0 Å². The smallest absolute Gasteiger partial charge is 0.119 e. The average Bonchev–Trinajstić information content (AvgIpc) is 2.94. The molecule has 0 aliphatic carbocycles. The van der Waals surface area contributed by atoms with E-state index in [1.165, 1.54) is 44.1 Å². The fourth-order valence-electron chi connectivity index (χ4n) is 4.39. The van der Waals surface area contributed by atoms with E-state index < -0.39 is 0 Å². The third kappa shape index (κ3) is 9.77. The van der Waals surface area contributed by atoms with Gasteiger partial charge in [-0.15, -0.1) is 0 Å². The Balaban J connectivity index is 1.74. The summed E-state index contributed by atoms with van der Waals surface area (Å²) in [6.07, 6.45) is 11.7. The fraction of sp³-hybridized carbons (Fsp3) is 0.455. The number of aryl methyl sites for hydroxylation is 1. The molecule has 37 heavy (non-hydrogen) atoms. The van der Waals surface area contributed by atoms with E-state index >= 15 is 0 Å². The number of benzene rings is 3. The first-order valence-electron chi connectivity index (χ1n) is 14.3. The van der Waals surface area contributed by atoms with Gasteiger partial charge in [0.1, 0.15) is 11.5 Å². The van der Waals surface area contributed by atoms with Crippen LogP contribution in [0.15, 0.2) is 72.8 Å². The second kappa shape index (κ2) is 16.7. The van der Waals surface area contributed by atoms with E-state index in [2.05, 4.69) is 91.5 Å². The number of nitrogens with two attached hydrogens (primary N) is 1. The van der Waals surface area contributed by atoms with Crippen LogP contribution in [0.2, 0.25) is 0 Å². The molecule has 0 saturated carbocycles. The molecule has 0 aromatic heterocycles. The van der Waals surface area contributed by atoms with E-state index in [9.17, 15) is 0 Å². The molecule has 0 unspecified atom stereocenters. The molecule has 0 amide bonds. The second-order valence-electron chi connectivity index (χ2n) is 9.70. The van der Waals surface area contributed by atoms with Crippen molar-refractivity contribution in [1.82, 2.24) is 0 Å². The molecule has 200 valence electrons. The molecule has 0 fully saturated rings. The molecule has 3 aromatic carbocycles. The summed E-state index contributed by atoms with van der Waals surface area (Å²) in [5.41, 5.74) is 10.3. The van der Waals surface area contributed by atoms with Gasteiger partial charge in [-0.3, -0.25) is 0 Å². The van der Waals surface area contributed by atoms with Crippen molar-refractivity contribution in [2.45, 2.75) is 78.1 Å². The molecule has 4 heteroatoms. The van der Waals surface area contributed by atoms with Crippen molar-refractivity contribution in [2.75, 3.05) is 24.7 Å². The maximum absolute atomic E-state index is 5.98. The largest absolute Gasteiger partial charge is 0.494 e. The molecular formula is C33H46N2O2. The average molecular weight is 503 g/mol. The Labute approximate surface area is 224 Å². The normalized spacial score (nSPS) is 10.9. The standard InChI is InChI=1S/C33H46N2O2/c1-3-5-7-9-26-36-32-21-17-30(18-22-32)35(29-15-13-28(14-16-29)12-11-25-34)31-19-23-33(24-20-31)37-27-10-8-6-4-2/h13-24H,3-12,25-27,34H2,1-2H3. The van der Waals surface area contributed by atoms with Crippen LogP contribution >= 0.6 is 0 Å². The first-order valence-corrected chi connectivity index (χ1v) is 14.3. The molecule has 0 atom stereocenters. The molecule has 0 aliphatic rings. The molecule has 4 nitrogen and oxygen atoms in total. The molecule has 2 N–H and O–H groups in total. The van der Waals surface area contributed by atoms with Crippen molar-refractivity contribution in [3.05, 3.63) is 78.4 Å². The second-order valence-corrected chi connectivity index (χ2v) is 9.70. The molecular weight excluding hydrogens is 456 g/mol. The summed E-state index contributed by atoms with van der Waals surface area (Å²) in [5, 5.41) is 0. The lowest BCUT2D eigenvalue weighted by Crippen LogP contribution is -2.10. The molecule has 0 heterocycles. The molecule has 0 radical (unpaired) electrons. The minimum atomic E-state index is 0.716. The van der Waals surface area contributed by atoms with Gasteiger partial charge in [-0.25, -0.2) is 0 Å². The third-order valence-electron chi connectivity index (χ3n) is 6.59. The van der Waals surface area contributed by atoms with Gasteiger partial charge in [0.15, 0.2) is 0 Å². The molecule has 0 bridgehead atoms. The molecule has 3 aromatic rings. The number of nitrogens with zero attached hydrogens (tertiary/aromatic N) is 1. The van der Waals surface area contributed by atoms with Crippen molar-refractivity contribution in [1.29, 1.82) is 0 Å². The summed E-state index contributed by atoms with van der Waals surface area (Å²) in [6, 6.07) is 25.7. The lowest BCUT2D eigenvalue weighted by molar-refractivity contribution is 0.305. The topological polar surface area (TPSA) is 47.7 Å². The van der Waals surface area contributed by atoms with Crippen molar-refractivity contribution >= 4 is 17.1 Å². The summed E-state index contributed by atoms with van der Waals surface area (Å²) in [5.74, 6) is 1.84. The van der Waals surface area contributed by atoms with E-state index in [4.69, 9.17) is 15.2 Å². The Morgan fingerprint density at radius 3 is 1.38 bits per heavy atom. The van der Waals surface area contributed by atoms with E-state index in [1.54, 1.807) is 0 Å². The van der Waals surface area contributed by atoms with Crippen LogP contribution in [0.4, 0.5) is 17.1 Å². The molecule has 3 rings (SSSR count). The van der Waals surface area contributed by atoms with Gasteiger partial charge in [0.25, 0.3) is 0 Å². The van der Waals surface area contributed by atoms with Crippen molar-refractivity contribution in [3.8, 4) is 11.5 Å². The summed E-state index contributed by atoms with van der Waals surface area (Å²) < 4.78 is 12.0. The first kappa shape index (κ1) is 28.6. The Morgan fingerprint density at radius 2 is 0.973 bits per heavy atom. The van der Waals surface area contributed by atoms with Gasteiger partial charge in [0, 0.05) is 17.1 Å². The van der Waals surface area contributed by atoms with Crippen LogP contribution < -0.4 is 20.1 Å². The highest BCUT2D eigenvalue weighted by Crippen LogP contribution is 2.36. The highest BCUT2D eigenvalue weighted by atomic mass is 16.5. The fourth-order valence-corrected chi connectivity index (χ4v) is 4.39. The number of hydrogen-bond acceptors (Lipinski definition) is 4. The van der Waals surface area contributed by atoms with E-state index in [0.29, 0.717) is 6.54 Å². The third-order valence-corrected chi connectivity index (χ3v) is 6.59. The quantitative estimate of drug-likeness (QED) is 0.176. The monoisotopic (exact) mass is 502 g/mol. The van der Waals surface area contributed by atoms with Crippen molar-refractivity contribution < 1.29 is 9.47 Å². The van der Waals surface area contributed by atoms with Crippen molar-refractivity contribution in [2.24, 2.45) is 5.73 Å². The number of rotatable bonds is 18. The number of anilines is 3. The highest BCUT2D eigenvalue weighted by Gasteiger charge is 2.13. The van der Waals surface area contributed by atoms with Crippen LogP contribution in [0.25, 0.3) is 0 Å². The van der Waals surface area contributed by atoms with Gasteiger partial charge in [-0.1, -0.05) is 64.5 Å². The minimum Gasteiger partial charge on any atom is -0.494 e. The van der Waals surface area contributed by atoms with Crippen LogP contribution in [0.5, 0.6) is 11.5 Å². The molecule has 0 aliphatic heterocycles. The van der Waals surface area contributed by atoms with Gasteiger partial charge in [0.05, 0.1) is 13.2 Å². The van der Waals surface area contributed by atoms with Crippen LogP contribution in [-0.2, 0) is 6.42 Å². The first-order chi connectivity index (χ1) is 18.2. The minimum absolute atomic E-state index is 0.716. The SMILES string of the molecule is CCCCCCOc1ccc(N(c2ccc(CCCN)cc2)c2ccc(OCCCCCC)cc2)cc1. The maximum Gasteiger partial charge on any atom is 0.119 e. The van der Waals surface area contributed by atoms with Gasteiger partial charge in [-0.05, 0) is 98.5 Å². The summed E-state index contributed by atoms with van der Waals surface area (Å²) >= 11 is 0. The zero-order valence-electron chi connectivity index (χ0n) is 23.0. The zero-order chi connectivity index (χ0) is 26.1. The summed E-state index contributed by atoms with van der Waals surface area (Å²) in [6.45, 7) is 6.72. The Morgan fingerprint density at radius 1 is 0.541 bits per heavy atom. The summed E-state index contributed by atoms with van der Waals surface area (Å²) in [4.78, 5) is 2.28. The van der Waals surface area contributed by atoms with Gasteiger partial charge in [-0.2, -0.15) is 0 Å². The highest BCUT2D eigenvalue weighted by molar-refractivity contribution is 5.77. The van der Waals surface area contributed by atoms with Gasteiger partial charge in [0.2, 0.25) is 0 Å². The maximum atomic E-state index is 5.98. The molecule has 0 saturated heterocycles. The zero-order valence-corrected chi connectivity index (χ0v) is 23.0. The van der Waals surface area contributed by atoms with Crippen LogP contribution in [0.1, 0.15) is 77.2 Å². The van der Waals surface area contributed by atoms with Crippen LogP contribution in [-0.4, -0.2) is 19.8 Å². The Bertz CT molecular complexity index is 927. The summed E-state index contributed by atoms with van der Waals surface area (Å²) in [7, 11) is 0. The lowest BCUT2D eigenvalue weighted by atomic mass is 10.1. The van der Waals surface area contributed by atoms with E-state index in [1.807, 2.05) is 0 Å². The van der Waals surface area contributed by atoms with Crippen molar-refractivity contribution in [3.63, 3.8) is 0 Å². The van der Waals surface area contributed by atoms with E-state index in [-0.39, 0.29) is 0 Å². The number of unbranched alkanes of at least 4 members (excludes halogenated alkanes) is 6. The number of hydrogen-bond donors (Lipinski definition) is 1. The Kier molecular flexibility index (Phi) is 12.9. The predicted octanol–water partition coefficient (Wildman–Crippen LogP) is 8.97. The molecule has 0 spiro atoms.